The molecule has 36 heavy (non-hydrogen) atoms. The molecule has 0 unspecified atom stereocenters. The van der Waals surface area contributed by atoms with E-state index in [0.29, 0.717) is 13.0 Å². The molecule has 0 saturated heterocycles. The molecule has 3 nitrogen and oxygen atoms in total. The van der Waals surface area contributed by atoms with Gasteiger partial charge in [0.05, 0.1) is 0 Å². The Bertz CT molecular complexity index is 1050. The van der Waals surface area contributed by atoms with Crippen molar-refractivity contribution in [3.8, 4) is 0 Å². The third-order valence-corrected chi connectivity index (χ3v) is 7.38. The zero-order chi connectivity index (χ0) is 26.8. The summed E-state index contributed by atoms with van der Waals surface area (Å²) in [6.45, 7) is 20.6. The van der Waals surface area contributed by atoms with Crippen LogP contribution in [-0.2, 0) is 21.7 Å². The minimum Gasteiger partial charge on any atom is -0.0939 e. The fourth-order valence-corrected chi connectivity index (χ4v) is 4.96. The summed E-state index contributed by atoms with van der Waals surface area (Å²) < 4.78 is 0. The van der Waals surface area contributed by atoms with E-state index in [9.17, 15) is 0 Å². The van der Waals surface area contributed by atoms with Crippen molar-refractivity contribution in [3.63, 3.8) is 0 Å². The quantitative estimate of drug-likeness (QED) is 0.146. The number of nitrogens with zero attached hydrogens (tertiary/aromatic N) is 3. The average Bonchev–Trinajstić information content (AvgIpc) is 2.81. The highest BCUT2D eigenvalue weighted by atomic mass is 15.1. The van der Waals surface area contributed by atoms with Crippen LogP contribution in [-0.4, -0.2) is 6.54 Å². The summed E-state index contributed by atoms with van der Waals surface area (Å²) in [5.41, 5.74) is 16.5. The monoisotopic (exact) mass is 481 g/mol. The van der Waals surface area contributed by atoms with Crippen LogP contribution >= 0.6 is 0 Å². The number of hydrogen-bond donors (Lipinski definition) is 0. The minimum atomic E-state index is -0.433. The molecule has 0 fully saturated rings. The first-order chi connectivity index (χ1) is 16.7. The molecule has 0 aliphatic heterocycles. The largest absolute Gasteiger partial charge is 0.0939 e. The summed E-state index contributed by atoms with van der Waals surface area (Å²) in [6.07, 6.45) is 0.690. The minimum absolute atomic E-state index is 0.0784. The molecule has 0 aliphatic rings. The summed E-state index contributed by atoms with van der Waals surface area (Å²) in [5, 5.41) is 3.98. The van der Waals surface area contributed by atoms with E-state index >= 15 is 0 Å². The highest BCUT2D eigenvalue weighted by Crippen LogP contribution is 2.44. The average molecular weight is 482 g/mol. The molecule has 0 heterocycles. The first kappa shape index (κ1) is 27.6. The molecule has 3 aromatic rings. The molecule has 0 radical (unpaired) electrons. The molecule has 0 aromatic heterocycles. The van der Waals surface area contributed by atoms with E-state index in [-0.39, 0.29) is 16.2 Å². The van der Waals surface area contributed by atoms with Gasteiger partial charge in [0, 0.05) is 16.9 Å². The Balaban J connectivity index is 2.30. The number of azide groups is 1. The summed E-state index contributed by atoms with van der Waals surface area (Å²) in [6, 6.07) is 27.1. The predicted molar refractivity (Wildman–Crippen MR) is 154 cm³/mol. The lowest BCUT2D eigenvalue weighted by Gasteiger charge is -2.37. The van der Waals surface area contributed by atoms with Gasteiger partial charge in [-0.2, -0.15) is 0 Å². The molecule has 190 valence electrons. The lowest BCUT2D eigenvalue weighted by Crippen LogP contribution is -2.31. The highest BCUT2D eigenvalue weighted by Gasteiger charge is 2.36. The molecule has 0 saturated carbocycles. The van der Waals surface area contributed by atoms with Crippen molar-refractivity contribution in [1.29, 1.82) is 0 Å². The zero-order valence-electron chi connectivity index (χ0n) is 23.7. The Labute approximate surface area is 218 Å². The van der Waals surface area contributed by atoms with Gasteiger partial charge in [-0.3, -0.25) is 0 Å². The second-order valence-electron chi connectivity index (χ2n) is 13.1. The highest BCUT2D eigenvalue weighted by molar-refractivity contribution is 5.52. The summed E-state index contributed by atoms with van der Waals surface area (Å²) in [7, 11) is 0. The Kier molecular flexibility index (Phi) is 7.77. The van der Waals surface area contributed by atoms with Gasteiger partial charge >= 0.3 is 0 Å². The molecule has 3 heteroatoms. The van der Waals surface area contributed by atoms with E-state index in [4.69, 9.17) is 5.53 Å². The molecule has 0 atom stereocenters. The first-order valence-corrected chi connectivity index (χ1v) is 13.0. The number of hydrogen-bond acceptors (Lipinski definition) is 1. The molecule has 3 rings (SSSR count). The van der Waals surface area contributed by atoms with Crippen LogP contribution in [0.4, 0.5) is 0 Å². The van der Waals surface area contributed by atoms with E-state index in [1.165, 1.54) is 33.4 Å². The van der Waals surface area contributed by atoms with Crippen LogP contribution in [0.25, 0.3) is 10.4 Å². The van der Waals surface area contributed by atoms with E-state index in [2.05, 4.69) is 145 Å². The van der Waals surface area contributed by atoms with Crippen LogP contribution < -0.4 is 0 Å². The molecule has 0 N–H and O–H groups in total. The van der Waals surface area contributed by atoms with Crippen molar-refractivity contribution in [2.75, 3.05) is 6.54 Å². The fraction of sp³-hybridized carbons (Fsp3) is 0.455. The Morgan fingerprint density at radius 3 is 0.972 bits per heavy atom. The van der Waals surface area contributed by atoms with Gasteiger partial charge in [-0.05, 0) is 61.6 Å². The molecule has 0 aliphatic carbocycles. The van der Waals surface area contributed by atoms with Gasteiger partial charge in [0.15, 0.2) is 0 Å². The predicted octanol–water partition coefficient (Wildman–Crippen LogP) is 9.61. The topological polar surface area (TPSA) is 48.8 Å². The van der Waals surface area contributed by atoms with Crippen LogP contribution in [0.15, 0.2) is 77.9 Å². The maximum Gasteiger partial charge on any atom is 0.0452 e. The molecule has 0 spiro atoms. The number of benzene rings is 3. The zero-order valence-corrected chi connectivity index (χ0v) is 23.7. The van der Waals surface area contributed by atoms with Gasteiger partial charge in [-0.1, -0.05) is 140 Å². The van der Waals surface area contributed by atoms with Gasteiger partial charge in [0.1, 0.15) is 0 Å². The van der Waals surface area contributed by atoms with E-state index in [0.717, 1.165) is 0 Å². The molecule has 3 aromatic carbocycles. The van der Waals surface area contributed by atoms with Crippen molar-refractivity contribution in [2.24, 2.45) is 5.11 Å². The molecular formula is C33H43N3. The lowest BCUT2D eigenvalue weighted by molar-refractivity contribution is 0.556. The van der Waals surface area contributed by atoms with Crippen LogP contribution in [0.1, 0.15) is 102 Å². The Hall–Kier alpha value is -3.03. The summed E-state index contributed by atoms with van der Waals surface area (Å²) in [4.78, 5) is 3.08. The van der Waals surface area contributed by atoms with E-state index < -0.39 is 5.41 Å². The van der Waals surface area contributed by atoms with Crippen molar-refractivity contribution in [3.05, 3.63) is 117 Å². The molecule has 0 amide bonds. The lowest BCUT2D eigenvalue weighted by atomic mass is 9.66. The van der Waals surface area contributed by atoms with Crippen molar-refractivity contribution in [1.82, 2.24) is 0 Å². The van der Waals surface area contributed by atoms with Crippen LogP contribution in [0.3, 0.4) is 0 Å². The van der Waals surface area contributed by atoms with Gasteiger partial charge in [0.25, 0.3) is 0 Å². The van der Waals surface area contributed by atoms with Gasteiger partial charge in [-0.25, -0.2) is 0 Å². The van der Waals surface area contributed by atoms with E-state index in [1.54, 1.807) is 0 Å². The summed E-state index contributed by atoms with van der Waals surface area (Å²) in [5.74, 6) is 0. The Morgan fingerprint density at radius 2 is 0.750 bits per heavy atom. The smallest absolute Gasteiger partial charge is 0.0452 e. The molecule has 0 bridgehead atoms. The Morgan fingerprint density at radius 1 is 0.500 bits per heavy atom. The fourth-order valence-electron chi connectivity index (χ4n) is 4.96. The normalized spacial score (nSPS) is 12.8. The SMILES string of the molecule is CC(C)(C)c1ccc(C(CCN=[N+]=[N-])(c2ccc(C(C)(C)C)cc2)c2ccc(C(C)(C)C)cc2)cc1. The molecular weight excluding hydrogens is 438 g/mol. The first-order valence-electron chi connectivity index (χ1n) is 13.0. The summed E-state index contributed by atoms with van der Waals surface area (Å²) >= 11 is 0. The van der Waals surface area contributed by atoms with Crippen LogP contribution in [0.5, 0.6) is 0 Å². The van der Waals surface area contributed by atoms with Gasteiger partial charge in [0.2, 0.25) is 0 Å². The van der Waals surface area contributed by atoms with Crippen molar-refractivity contribution >= 4 is 0 Å². The van der Waals surface area contributed by atoms with Crippen LogP contribution in [0.2, 0.25) is 0 Å². The van der Waals surface area contributed by atoms with E-state index in [1.807, 2.05) is 0 Å². The standard InChI is InChI=1S/C33H43N3/c1-30(2,3)24-10-16-27(17-11-24)33(22-23-35-36-34,28-18-12-25(13-19-28)31(4,5)6)29-20-14-26(15-21-29)32(7,8)9/h10-21H,22-23H2,1-9H3. The van der Waals surface area contributed by atoms with Crippen LogP contribution in [0, 0.1) is 0 Å². The van der Waals surface area contributed by atoms with Gasteiger partial charge in [-0.15, -0.1) is 0 Å². The van der Waals surface area contributed by atoms with Crippen molar-refractivity contribution < 1.29 is 0 Å². The number of rotatable bonds is 6. The third kappa shape index (κ3) is 5.85. The van der Waals surface area contributed by atoms with Gasteiger partial charge < -0.3 is 0 Å². The second-order valence-corrected chi connectivity index (χ2v) is 13.1. The third-order valence-electron chi connectivity index (χ3n) is 7.38. The van der Waals surface area contributed by atoms with Crippen molar-refractivity contribution in [2.45, 2.75) is 90.4 Å². The second kappa shape index (κ2) is 10.1. The maximum atomic E-state index is 9.11. The maximum absolute atomic E-state index is 9.11.